The minimum absolute atomic E-state index is 0.400. The summed E-state index contributed by atoms with van der Waals surface area (Å²) in [7, 11) is 0. The summed E-state index contributed by atoms with van der Waals surface area (Å²) in [5.41, 5.74) is 10.3. The highest BCUT2D eigenvalue weighted by atomic mass is 16.1. The van der Waals surface area contributed by atoms with Gasteiger partial charge in [-0.1, -0.05) is 6.92 Å². The Bertz CT molecular complexity index is 278. The van der Waals surface area contributed by atoms with Gasteiger partial charge in [-0.25, -0.2) is 0 Å². The van der Waals surface area contributed by atoms with Crippen molar-refractivity contribution in [2.24, 2.45) is 17.4 Å². The number of rotatable bonds is 6. The maximum absolute atomic E-state index is 11.1. The largest absolute Gasteiger partial charge is 0.368 e. The standard InChI is InChI=1S/C14H29N3O/c1-11-6-7-12(2)17(10-11)9-5-4-8-14(3,16)13(15)18/h11-12H,4-10,16H2,1-3H3,(H2,15,18). The van der Waals surface area contributed by atoms with Crippen molar-refractivity contribution in [1.82, 2.24) is 4.90 Å². The molecule has 1 aliphatic heterocycles. The Kier molecular flexibility index (Phi) is 5.60. The van der Waals surface area contributed by atoms with E-state index in [1.165, 1.54) is 19.4 Å². The van der Waals surface area contributed by atoms with Crippen LogP contribution in [-0.2, 0) is 4.79 Å². The molecule has 0 aromatic rings. The summed E-state index contributed by atoms with van der Waals surface area (Å²) in [6, 6.07) is 0.696. The lowest BCUT2D eigenvalue weighted by atomic mass is 9.93. The maximum atomic E-state index is 11.1. The second-order valence-corrected chi connectivity index (χ2v) is 6.27. The maximum Gasteiger partial charge on any atom is 0.237 e. The van der Waals surface area contributed by atoms with E-state index in [1.807, 2.05) is 0 Å². The smallest absolute Gasteiger partial charge is 0.237 e. The van der Waals surface area contributed by atoms with Gasteiger partial charge in [0.05, 0.1) is 5.54 Å². The number of primary amides is 1. The molecule has 1 rings (SSSR count). The molecule has 4 N–H and O–H groups in total. The van der Waals surface area contributed by atoms with Crippen molar-refractivity contribution in [3.05, 3.63) is 0 Å². The third-order valence-corrected chi connectivity index (χ3v) is 4.20. The van der Waals surface area contributed by atoms with Crippen LogP contribution in [0.15, 0.2) is 0 Å². The summed E-state index contributed by atoms with van der Waals surface area (Å²) in [5.74, 6) is 0.411. The SMILES string of the molecule is CC1CCC(C)N(CCCCC(C)(N)C(N)=O)C1. The van der Waals surface area contributed by atoms with Crippen LogP contribution in [0.4, 0.5) is 0 Å². The molecule has 1 saturated heterocycles. The number of nitrogens with zero attached hydrogens (tertiary/aromatic N) is 1. The normalized spacial score (nSPS) is 28.9. The van der Waals surface area contributed by atoms with E-state index in [2.05, 4.69) is 18.7 Å². The molecule has 0 aromatic heterocycles. The van der Waals surface area contributed by atoms with Crippen LogP contribution in [-0.4, -0.2) is 35.5 Å². The fraction of sp³-hybridized carbons (Fsp3) is 0.929. The fourth-order valence-electron chi connectivity index (χ4n) is 2.62. The van der Waals surface area contributed by atoms with Gasteiger partial charge in [0.1, 0.15) is 0 Å². The topological polar surface area (TPSA) is 72.3 Å². The Morgan fingerprint density at radius 2 is 2.00 bits per heavy atom. The molecule has 0 spiro atoms. The van der Waals surface area contributed by atoms with Crippen molar-refractivity contribution in [3.8, 4) is 0 Å². The van der Waals surface area contributed by atoms with Gasteiger partial charge in [-0.3, -0.25) is 4.79 Å². The molecule has 3 unspecified atom stereocenters. The molecule has 18 heavy (non-hydrogen) atoms. The first-order valence-electron chi connectivity index (χ1n) is 7.16. The van der Waals surface area contributed by atoms with Crippen molar-refractivity contribution < 1.29 is 4.79 Å². The summed E-state index contributed by atoms with van der Waals surface area (Å²) in [6.45, 7) is 8.67. The van der Waals surface area contributed by atoms with E-state index < -0.39 is 11.4 Å². The molecule has 1 amide bonds. The Morgan fingerprint density at radius 3 is 2.61 bits per heavy atom. The van der Waals surface area contributed by atoms with Gasteiger partial charge in [0.15, 0.2) is 0 Å². The molecule has 1 heterocycles. The van der Waals surface area contributed by atoms with Crippen molar-refractivity contribution >= 4 is 5.91 Å². The zero-order valence-corrected chi connectivity index (χ0v) is 12.1. The molecule has 106 valence electrons. The van der Waals surface area contributed by atoms with Gasteiger partial charge in [-0.05, 0) is 58.4 Å². The predicted molar refractivity (Wildman–Crippen MR) is 75.1 cm³/mol. The van der Waals surface area contributed by atoms with E-state index in [9.17, 15) is 4.79 Å². The lowest BCUT2D eigenvalue weighted by molar-refractivity contribution is -0.122. The van der Waals surface area contributed by atoms with Gasteiger partial charge in [0.2, 0.25) is 5.91 Å². The summed E-state index contributed by atoms with van der Waals surface area (Å²) in [6.07, 6.45) is 5.39. The molecule has 3 atom stereocenters. The molecule has 0 saturated carbocycles. The van der Waals surface area contributed by atoms with Gasteiger partial charge in [-0.15, -0.1) is 0 Å². The summed E-state index contributed by atoms with van der Waals surface area (Å²) >= 11 is 0. The van der Waals surface area contributed by atoms with Crippen LogP contribution in [0.2, 0.25) is 0 Å². The van der Waals surface area contributed by atoms with Crippen molar-refractivity contribution in [2.45, 2.75) is 64.5 Å². The van der Waals surface area contributed by atoms with Crippen molar-refractivity contribution in [2.75, 3.05) is 13.1 Å². The second kappa shape index (κ2) is 6.53. The third kappa shape index (κ3) is 4.58. The first-order chi connectivity index (χ1) is 8.33. The highest BCUT2D eigenvalue weighted by Crippen LogP contribution is 2.22. The zero-order valence-electron chi connectivity index (χ0n) is 12.1. The number of hydrogen-bond donors (Lipinski definition) is 2. The highest BCUT2D eigenvalue weighted by molar-refractivity contribution is 5.83. The second-order valence-electron chi connectivity index (χ2n) is 6.27. The lowest BCUT2D eigenvalue weighted by Gasteiger charge is -2.37. The molecule has 4 nitrogen and oxygen atoms in total. The van der Waals surface area contributed by atoms with Crippen LogP contribution in [0.3, 0.4) is 0 Å². The van der Waals surface area contributed by atoms with Gasteiger partial charge in [-0.2, -0.15) is 0 Å². The Labute approximate surface area is 111 Å². The molecular formula is C14H29N3O. The van der Waals surface area contributed by atoms with E-state index in [1.54, 1.807) is 6.92 Å². The summed E-state index contributed by atoms with van der Waals surface area (Å²) in [4.78, 5) is 13.7. The molecule has 0 bridgehead atoms. The van der Waals surface area contributed by atoms with Gasteiger partial charge in [0.25, 0.3) is 0 Å². The minimum Gasteiger partial charge on any atom is -0.368 e. The van der Waals surface area contributed by atoms with Crippen LogP contribution >= 0.6 is 0 Å². The van der Waals surface area contributed by atoms with Gasteiger partial charge < -0.3 is 16.4 Å². The van der Waals surface area contributed by atoms with Crippen LogP contribution in [0.25, 0.3) is 0 Å². The summed E-state index contributed by atoms with van der Waals surface area (Å²) < 4.78 is 0. The number of unbranched alkanes of at least 4 members (excludes halogenated alkanes) is 1. The zero-order chi connectivity index (χ0) is 13.8. The van der Waals surface area contributed by atoms with Crippen LogP contribution < -0.4 is 11.5 Å². The van der Waals surface area contributed by atoms with E-state index in [0.29, 0.717) is 12.5 Å². The molecule has 0 aromatic carbocycles. The third-order valence-electron chi connectivity index (χ3n) is 4.20. The lowest BCUT2D eigenvalue weighted by Crippen LogP contribution is -2.49. The number of carbonyl (C=O) groups excluding carboxylic acids is 1. The van der Waals surface area contributed by atoms with Gasteiger partial charge >= 0.3 is 0 Å². The number of likely N-dealkylation sites (tertiary alicyclic amines) is 1. The average molecular weight is 255 g/mol. The van der Waals surface area contributed by atoms with E-state index in [0.717, 1.165) is 25.3 Å². The monoisotopic (exact) mass is 255 g/mol. The number of amides is 1. The van der Waals surface area contributed by atoms with E-state index in [-0.39, 0.29) is 0 Å². The van der Waals surface area contributed by atoms with E-state index >= 15 is 0 Å². The van der Waals surface area contributed by atoms with Crippen molar-refractivity contribution in [1.29, 1.82) is 0 Å². The number of piperidine rings is 1. The number of carbonyl (C=O) groups is 1. The minimum atomic E-state index is -0.846. The molecule has 1 fully saturated rings. The molecule has 0 aliphatic carbocycles. The highest BCUT2D eigenvalue weighted by Gasteiger charge is 2.25. The van der Waals surface area contributed by atoms with Gasteiger partial charge in [0, 0.05) is 12.6 Å². The Hall–Kier alpha value is -0.610. The van der Waals surface area contributed by atoms with Crippen LogP contribution in [0, 0.1) is 5.92 Å². The quantitative estimate of drug-likeness (QED) is 0.706. The number of hydrogen-bond acceptors (Lipinski definition) is 3. The first kappa shape index (κ1) is 15.4. The molecular weight excluding hydrogens is 226 g/mol. The molecule has 1 aliphatic rings. The first-order valence-corrected chi connectivity index (χ1v) is 7.16. The summed E-state index contributed by atoms with van der Waals surface area (Å²) in [5, 5.41) is 0. The molecule has 0 radical (unpaired) electrons. The van der Waals surface area contributed by atoms with Crippen molar-refractivity contribution in [3.63, 3.8) is 0 Å². The molecule has 4 heteroatoms. The number of nitrogens with two attached hydrogens (primary N) is 2. The van der Waals surface area contributed by atoms with Crippen LogP contribution in [0.5, 0.6) is 0 Å². The van der Waals surface area contributed by atoms with E-state index in [4.69, 9.17) is 11.5 Å². The average Bonchev–Trinajstić information content (AvgIpc) is 2.28. The van der Waals surface area contributed by atoms with Crippen LogP contribution in [0.1, 0.15) is 52.9 Å². The predicted octanol–water partition coefficient (Wildman–Crippen LogP) is 1.48. The Balaban J connectivity index is 2.23. The fourth-order valence-corrected chi connectivity index (χ4v) is 2.62. The Morgan fingerprint density at radius 1 is 1.33 bits per heavy atom.